The molecule has 1 aromatic heterocycles. The Bertz CT molecular complexity index is 1000. The minimum atomic E-state index is -0.0738. The van der Waals surface area contributed by atoms with E-state index in [1.807, 2.05) is 30.3 Å². The zero-order chi connectivity index (χ0) is 20.2. The van der Waals surface area contributed by atoms with Gasteiger partial charge in [0.05, 0.1) is 22.3 Å². The van der Waals surface area contributed by atoms with Crippen molar-refractivity contribution in [2.45, 2.75) is 18.8 Å². The number of para-hydroxylation sites is 1. The number of carbonyl (C=O) groups excluding carboxylic acids is 1. The lowest BCUT2D eigenvalue weighted by molar-refractivity contribution is -0.117. The number of nitrogens with one attached hydrogen (secondary N) is 1. The molecule has 0 spiro atoms. The number of carbonyl (C=O) groups is 1. The first-order valence-electron chi connectivity index (χ1n) is 9.45. The van der Waals surface area contributed by atoms with Crippen molar-refractivity contribution in [1.82, 2.24) is 15.0 Å². The number of likely N-dealkylation sites (tertiary alicyclic amines) is 1. The fourth-order valence-corrected chi connectivity index (χ4v) is 3.85. The number of hydrogen-bond acceptors (Lipinski definition) is 5. The molecule has 29 heavy (non-hydrogen) atoms. The molecular weight excluding hydrogens is 411 g/mol. The summed E-state index contributed by atoms with van der Waals surface area (Å²) in [6.07, 6.45) is 1.70. The minimum Gasteiger partial charge on any atom is -0.339 e. The van der Waals surface area contributed by atoms with Crippen LogP contribution >= 0.6 is 23.2 Å². The van der Waals surface area contributed by atoms with E-state index in [1.54, 1.807) is 18.2 Å². The second-order valence-electron chi connectivity index (χ2n) is 7.01. The zero-order valence-electron chi connectivity index (χ0n) is 15.6. The average molecular weight is 431 g/mol. The second-order valence-corrected chi connectivity index (χ2v) is 7.83. The van der Waals surface area contributed by atoms with Crippen LogP contribution in [0.25, 0.3) is 11.4 Å². The lowest BCUT2D eigenvalue weighted by atomic mass is 9.97. The van der Waals surface area contributed by atoms with E-state index in [0.29, 0.717) is 34.0 Å². The van der Waals surface area contributed by atoms with Crippen molar-refractivity contribution in [3.8, 4) is 11.4 Å². The summed E-state index contributed by atoms with van der Waals surface area (Å²) in [5.41, 5.74) is 1.39. The molecule has 1 N–H and O–H groups in total. The van der Waals surface area contributed by atoms with Gasteiger partial charge in [0, 0.05) is 11.5 Å². The van der Waals surface area contributed by atoms with Crippen LogP contribution in [0.15, 0.2) is 53.1 Å². The maximum absolute atomic E-state index is 12.3. The van der Waals surface area contributed by atoms with E-state index < -0.39 is 0 Å². The lowest BCUT2D eigenvalue weighted by Gasteiger charge is -2.29. The number of benzene rings is 2. The molecule has 1 aliphatic heterocycles. The van der Waals surface area contributed by atoms with Crippen LogP contribution in [0.2, 0.25) is 10.0 Å². The lowest BCUT2D eigenvalue weighted by Crippen LogP contribution is -2.38. The van der Waals surface area contributed by atoms with Gasteiger partial charge in [0.2, 0.25) is 17.6 Å². The first-order valence-corrected chi connectivity index (χ1v) is 10.2. The number of rotatable bonds is 5. The first-order chi connectivity index (χ1) is 14.1. The van der Waals surface area contributed by atoms with Gasteiger partial charge in [0.1, 0.15) is 0 Å². The van der Waals surface area contributed by atoms with Crippen molar-refractivity contribution in [2.75, 3.05) is 25.0 Å². The Kier molecular flexibility index (Phi) is 6.13. The van der Waals surface area contributed by atoms with Gasteiger partial charge in [-0.2, -0.15) is 4.98 Å². The number of nitrogens with zero attached hydrogens (tertiary/aromatic N) is 3. The van der Waals surface area contributed by atoms with Crippen LogP contribution in [-0.2, 0) is 4.79 Å². The Morgan fingerprint density at radius 2 is 1.76 bits per heavy atom. The van der Waals surface area contributed by atoms with Crippen molar-refractivity contribution in [1.29, 1.82) is 0 Å². The molecule has 1 amide bonds. The smallest absolute Gasteiger partial charge is 0.238 e. The van der Waals surface area contributed by atoms with Gasteiger partial charge in [-0.05, 0) is 50.2 Å². The van der Waals surface area contributed by atoms with E-state index in [1.165, 1.54) is 0 Å². The molecule has 0 unspecified atom stereocenters. The zero-order valence-corrected chi connectivity index (χ0v) is 17.2. The molecule has 0 aliphatic carbocycles. The molecule has 1 aliphatic rings. The van der Waals surface area contributed by atoms with Crippen LogP contribution in [0.3, 0.4) is 0 Å². The predicted molar refractivity (Wildman–Crippen MR) is 113 cm³/mol. The van der Waals surface area contributed by atoms with E-state index >= 15 is 0 Å². The maximum atomic E-state index is 12.3. The highest BCUT2D eigenvalue weighted by Crippen LogP contribution is 2.30. The molecule has 6 nitrogen and oxygen atoms in total. The second kappa shape index (κ2) is 8.95. The standard InChI is InChI=1S/C21H20Cl2N4O2/c22-16-6-2-1-5-15(16)20-25-21(29-26-20)14-9-11-27(12-10-14)13-19(28)24-18-8-4-3-7-17(18)23/h1-8,14H,9-13H2,(H,24,28). The summed E-state index contributed by atoms with van der Waals surface area (Å²) in [5, 5.41) is 8.07. The first kappa shape index (κ1) is 19.9. The van der Waals surface area contributed by atoms with E-state index in [9.17, 15) is 4.79 Å². The fraction of sp³-hybridized carbons (Fsp3) is 0.286. The van der Waals surface area contributed by atoms with Crippen LogP contribution in [0.1, 0.15) is 24.7 Å². The number of hydrogen-bond donors (Lipinski definition) is 1. The molecule has 2 aromatic carbocycles. The number of piperidine rings is 1. The molecule has 8 heteroatoms. The van der Waals surface area contributed by atoms with E-state index in [2.05, 4.69) is 20.4 Å². The van der Waals surface area contributed by atoms with Crippen molar-refractivity contribution in [3.05, 3.63) is 64.5 Å². The molecule has 4 rings (SSSR count). The summed E-state index contributed by atoms with van der Waals surface area (Å²) < 4.78 is 5.49. The van der Waals surface area contributed by atoms with Gasteiger partial charge in [-0.3, -0.25) is 9.69 Å². The van der Waals surface area contributed by atoms with Gasteiger partial charge in [-0.25, -0.2) is 0 Å². The van der Waals surface area contributed by atoms with Crippen molar-refractivity contribution in [3.63, 3.8) is 0 Å². The van der Waals surface area contributed by atoms with Gasteiger partial charge in [0.25, 0.3) is 0 Å². The Labute approximate surface area is 178 Å². The Morgan fingerprint density at radius 1 is 1.07 bits per heavy atom. The summed E-state index contributed by atoms with van der Waals surface area (Å²) in [7, 11) is 0. The molecule has 1 fully saturated rings. The van der Waals surface area contributed by atoms with Crippen molar-refractivity contribution >= 4 is 34.8 Å². The molecule has 0 saturated carbocycles. The van der Waals surface area contributed by atoms with Gasteiger partial charge >= 0.3 is 0 Å². The number of amides is 1. The highest BCUT2D eigenvalue weighted by atomic mass is 35.5. The molecule has 2 heterocycles. The minimum absolute atomic E-state index is 0.0738. The van der Waals surface area contributed by atoms with Gasteiger partial charge < -0.3 is 9.84 Å². The summed E-state index contributed by atoms with van der Waals surface area (Å²) in [6.45, 7) is 1.89. The predicted octanol–water partition coefficient (Wildman–Crippen LogP) is 4.86. The summed E-state index contributed by atoms with van der Waals surface area (Å²) in [4.78, 5) is 19.0. The SMILES string of the molecule is O=C(CN1CCC(c2nc(-c3ccccc3Cl)no2)CC1)Nc1ccccc1Cl. The Hall–Kier alpha value is -2.41. The third kappa shape index (κ3) is 4.78. The molecular formula is C21H20Cl2N4O2. The van der Waals surface area contributed by atoms with Gasteiger partial charge in [-0.15, -0.1) is 0 Å². The highest BCUT2D eigenvalue weighted by molar-refractivity contribution is 6.33. The summed E-state index contributed by atoms with van der Waals surface area (Å²) in [5.74, 6) is 1.24. The molecule has 150 valence electrons. The normalized spacial score (nSPS) is 15.4. The molecule has 0 bridgehead atoms. The topological polar surface area (TPSA) is 71.3 Å². The van der Waals surface area contributed by atoms with E-state index in [4.69, 9.17) is 27.7 Å². The van der Waals surface area contributed by atoms with Crippen LogP contribution < -0.4 is 5.32 Å². The molecule has 1 saturated heterocycles. The van der Waals surface area contributed by atoms with Gasteiger partial charge in [0.15, 0.2) is 0 Å². The molecule has 3 aromatic rings. The fourth-order valence-electron chi connectivity index (χ4n) is 3.45. The van der Waals surface area contributed by atoms with Crippen molar-refractivity contribution in [2.24, 2.45) is 0 Å². The number of aromatic nitrogens is 2. The van der Waals surface area contributed by atoms with Crippen LogP contribution in [0.5, 0.6) is 0 Å². The third-order valence-corrected chi connectivity index (χ3v) is 5.67. The van der Waals surface area contributed by atoms with Crippen LogP contribution in [-0.4, -0.2) is 40.6 Å². The number of halogens is 2. The molecule has 0 radical (unpaired) electrons. The summed E-state index contributed by atoms with van der Waals surface area (Å²) >= 11 is 12.3. The Balaban J connectivity index is 1.31. The monoisotopic (exact) mass is 430 g/mol. The van der Waals surface area contributed by atoms with E-state index in [0.717, 1.165) is 31.5 Å². The largest absolute Gasteiger partial charge is 0.339 e. The summed E-state index contributed by atoms with van der Waals surface area (Å²) in [6, 6.07) is 14.7. The average Bonchev–Trinajstić information content (AvgIpc) is 3.20. The van der Waals surface area contributed by atoms with Crippen LogP contribution in [0.4, 0.5) is 5.69 Å². The third-order valence-electron chi connectivity index (χ3n) is 5.01. The quantitative estimate of drug-likeness (QED) is 0.625. The molecule has 0 atom stereocenters. The highest BCUT2D eigenvalue weighted by Gasteiger charge is 2.26. The van der Waals surface area contributed by atoms with Crippen molar-refractivity contribution < 1.29 is 9.32 Å². The van der Waals surface area contributed by atoms with Gasteiger partial charge in [-0.1, -0.05) is 52.6 Å². The maximum Gasteiger partial charge on any atom is 0.238 e. The Morgan fingerprint density at radius 3 is 2.48 bits per heavy atom. The number of anilines is 1. The van der Waals surface area contributed by atoms with E-state index in [-0.39, 0.29) is 11.8 Å². The van der Waals surface area contributed by atoms with Crippen LogP contribution in [0, 0.1) is 0 Å².